The molecule has 0 aliphatic carbocycles. The number of anilines is 1. The number of piperidine rings is 1. The summed E-state index contributed by atoms with van der Waals surface area (Å²) in [6.45, 7) is 5.85. The second kappa shape index (κ2) is 8.56. The van der Waals surface area contributed by atoms with E-state index in [1.807, 2.05) is 29.6 Å². The lowest BCUT2D eigenvalue weighted by molar-refractivity contribution is 0.102. The molecule has 1 N–H and O–H groups in total. The molecule has 0 unspecified atom stereocenters. The maximum Gasteiger partial charge on any atom is 0.257 e. The van der Waals surface area contributed by atoms with Crippen LogP contribution in [-0.2, 0) is 17.9 Å². The molecule has 0 radical (unpaired) electrons. The minimum Gasteiger partial charge on any atom is -0.380 e. The molecule has 2 heterocycles. The van der Waals surface area contributed by atoms with Crippen molar-refractivity contribution < 1.29 is 9.53 Å². The average molecular weight is 359 g/mol. The highest BCUT2D eigenvalue weighted by Gasteiger charge is 2.17. The zero-order valence-electron chi connectivity index (χ0n) is 14.8. The van der Waals surface area contributed by atoms with Crippen LogP contribution in [0.3, 0.4) is 0 Å². The third-order valence-corrected chi connectivity index (χ3v) is 5.40. The molecular weight excluding hydrogens is 334 g/mol. The van der Waals surface area contributed by atoms with Crippen molar-refractivity contribution in [3.63, 3.8) is 0 Å². The van der Waals surface area contributed by atoms with Gasteiger partial charge >= 0.3 is 0 Å². The fourth-order valence-corrected chi connectivity index (χ4v) is 3.77. The third-order valence-electron chi connectivity index (χ3n) is 4.60. The summed E-state index contributed by atoms with van der Waals surface area (Å²) in [4.78, 5) is 19.6. The molecule has 1 saturated heterocycles. The molecule has 1 aliphatic rings. The molecule has 0 spiro atoms. The van der Waals surface area contributed by atoms with E-state index in [0.29, 0.717) is 17.3 Å². The summed E-state index contributed by atoms with van der Waals surface area (Å²) in [6.07, 6.45) is 2.51. The Balaban J connectivity index is 1.60. The summed E-state index contributed by atoms with van der Waals surface area (Å²) in [7, 11) is 1.63. The minimum atomic E-state index is -0.139. The molecule has 0 saturated carbocycles. The van der Waals surface area contributed by atoms with Crippen LogP contribution >= 0.6 is 11.3 Å². The van der Waals surface area contributed by atoms with Crippen LogP contribution in [0.1, 0.15) is 41.4 Å². The van der Waals surface area contributed by atoms with Crippen molar-refractivity contribution in [3.05, 3.63) is 46.5 Å². The molecule has 1 aromatic carbocycles. The number of carbonyl (C=O) groups excluding carboxylic acids is 1. The van der Waals surface area contributed by atoms with Gasteiger partial charge in [0.25, 0.3) is 5.91 Å². The first-order valence-corrected chi connectivity index (χ1v) is 9.58. The van der Waals surface area contributed by atoms with Crippen LogP contribution in [-0.4, -0.2) is 36.0 Å². The first-order chi connectivity index (χ1) is 12.2. The monoisotopic (exact) mass is 359 g/mol. The summed E-state index contributed by atoms with van der Waals surface area (Å²) in [5, 5.41) is 5.60. The fourth-order valence-electron chi connectivity index (χ4n) is 3.07. The number of rotatable bonds is 6. The van der Waals surface area contributed by atoms with Gasteiger partial charge in [0.15, 0.2) is 5.13 Å². The molecule has 1 fully saturated rings. The third kappa shape index (κ3) is 4.87. The van der Waals surface area contributed by atoms with E-state index in [1.165, 1.54) is 24.2 Å². The van der Waals surface area contributed by atoms with E-state index < -0.39 is 0 Å². The van der Waals surface area contributed by atoms with Gasteiger partial charge in [-0.05, 0) is 43.5 Å². The Morgan fingerprint density at radius 1 is 1.36 bits per heavy atom. The van der Waals surface area contributed by atoms with E-state index in [9.17, 15) is 4.79 Å². The lowest BCUT2D eigenvalue weighted by Crippen LogP contribution is -2.32. The Bertz CT molecular complexity index is 708. The van der Waals surface area contributed by atoms with Gasteiger partial charge in [-0.25, -0.2) is 4.98 Å². The molecule has 1 aliphatic heterocycles. The number of nitrogens with zero attached hydrogens (tertiary/aromatic N) is 2. The van der Waals surface area contributed by atoms with Gasteiger partial charge < -0.3 is 4.74 Å². The molecular formula is C19H25N3O2S. The van der Waals surface area contributed by atoms with Crippen LogP contribution < -0.4 is 5.32 Å². The largest absolute Gasteiger partial charge is 0.380 e. The summed E-state index contributed by atoms with van der Waals surface area (Å²) >= 11 is 1.48. The number of carbonyl (C=O) groups is 1. The Hall–Kier alpha value is -1.76. The second-order valence-corrected chi connectivity index (χ2v) is 7.51. The predicted molar refractivity (Wildman–Crippen MR) is 101 cm³/mol. The summed E-state index contributed by atoms with van der Waals surface area (Å²) < 4.78 is 5.17. The molecule has 1 aromatic heterocycles. The van der Waals surface area contributed by atoms with Crippen LogP contribution in [0.5, 0.6) is 0 Å². The van der Waals surface area contributed by atoms with Gasteiger partial charge in [0.05, 0.1) is 12.3 Å². The second-order valence-electron chi connectivity index (χ2n) is 6.65. The number of amides is 1. The molecule has 3 rings (SSSR count). The van der Waals surface area contributed by atoms with Gasteiger partial charge in [0.1, 0.15) is 0 Å². The van der Waals surface area contributed by atoms with E-state index >= 15 is 0 Å². The van der Waals surface area contributed by atoms with Crippen molar-refractivity contribution in [2.45, 2.75) is 32.9 Å². The first kappa shape index (κ1) is 18.0. The number of aromatic nitrogens is 1. The van der Waals surface area contributed by atoms with Crippen LogP contribution in [0.25, 0.3) is 0 Å². The quantitative estimate of drug-likeness (QED) is 0.853. The molecule has 0 bridgehead atoms. The van der Waals surface area contributed by atoms with Gasteiger partial charge in [-0.3, -0.25) is 15.0 Å². The van der Waals surface area contributed by atoms with Crippen molar-refractivity contribution in [2.24, 2.45) is 5.92 Å². The highest BCUT2D eigenvalue weighted by molar-refractivity contribution is 7.13. The maximum absolute atomic E-state index is 12.5. The fraction of sp³-hybridized carbons (Fsp3) is 0.474. The van der Waals surface area contributed by atoms with Crippen molar-refractivity contribution in [1.82, 2.24) is 9.88 Å². The number of likely N-dealkylation sites (tertiary alicyclic amines) is 1. The molecule has 2 aromatic rings. The van der Waals surface area contributed by atoms with Gasteiger partial charge in [0.2, 0.25) is 0 Å². The van der Waals surface area contributed by atoms with E-state index in [1.54, 1.807) is 7.11 Å². The van der Waals surface area contributed by atoms with Crippen molar-refractivity contribution >= 4 is 22.4 Å². The van der Waals surface area contributed by atoms with Crippen molar-refractivity contribution in [2.75, 3.05) is 25.5 Å². The van der Waals surface area contributed by atoms with Gasteiger partial charge in [-0.2, -0.15) is 0 Å². The summed E-state index contributed by atoms with van der Waals surface area (Å²) in [5.41, 5.74) is 2.54. The van der Waals surface area contributed by atoms with E-state index in [-0.39, 0.29) is 5.91 Å². The van der Waals surface area contributed by atoms with E-state index in [2.05, 4.69) is 22.1 Å². The standard InChI is InChI=1S/C19H25N3O2S/c1-14-7-9-22(10-8-14)11-16-13-25-19(20-16)21-18(23)17-6-4-3-5-15(17)12-24-2/h3-6,13-14H,7-12H2,1-2H3,(H,20,21,23). The predicted octanol–water partition coefficient (Wildman–Crippen LogP) is 3.77. The molecule has 6 heteroatoms. The summed E-state index contributed by atoms with van der Waals surface area (Å²) in [5.74, 6) is 0.689. The van der Waals surface area contributed by atoms with Crippen molar-refractivity contribution in [3.8, 4) is 0 Å². The number of ether oxygens (including phenoxy) is 1. The Kier molecular flexibility index (Phi) is 6.18. The highest BCUT2D eigenvalue weighted by atomic mass is 32.1. The Morgan fingerprint density at radius 3 is 2.88 bits per heavy atom. The number of hydrogen-bond acceptors (Lipinski definition) is 5. The van der Waals surface area contributed by atoms with Crippen LogP contribution in [0.15, 0.2) is 29.6 Å². The van der Waals surface area contributed by atoms with Crippen LogP contribution in [0, 0.1) is 5.92 Å². The molecule has 25 heavy (non-hydrogen) atoms. The Labute approximate surface area is 153 Å². The first-order valence-electron chi connectivity index (χ1n) is 8.70. The zero-order valence-corrected chi connectivity index (χ0v) is 15.6. The number of hydrogen-bond donors (Lipinski definition) is 1. The van der Waals surface area contributed by atoms with Crippen LogP contribution in [0.2, 0.25) is 0 Å². The molecule has 134 valence electrons. The van der Waals surface area contributed by atoms with E-state index in [0.717, 1.165) is 36.8 Å². The van der Waals surface area contributed by atoms with Gasteiger partial charge in [0, 0.05) is 24.6 Å². The molecule has 0 atom stereocenters. The van der Waals surface area contributed by atoms with Gasteiger partial charge in [-0.15, -0.1) is 11.3 Å². The SMILES string of the molecule is COCc1ccccc1C(=O)Nc1nc(CN2CCC(C)CC2)cs1. The molecule has 5 nitrogen and oxygen atoms in total. The Morgan fingerprint density at radius 2 is 2.12 bits per heavy atom. The smallest absolute Gasteiger partial charge is 0.257 e. The normalized spacial score (nSPS) is 16.1. The van der Waals surface area contributed by atoms with E-state index in [4.69, 9.17) is 4.74 Å². The average Bonchev–Trinajstić information content (AvgIpc) is 3.04. The van der Waals surface area contributed by atoms with Gasteiger partial charge in [-0.1, -0.05) is 25.1 Å². The number of thiazole rings is 1. The van der Waals surface area contributed by atoms with Crippen molar-refractivity contribution in [1.29, 1.82) is 0 Å². The highest BCUT2D eigenvalue weighted by Crippen LogP contribution is 2.22. The van der Waals surface area contributed by atoms with Crippen LogP contribution in [0.4, 0.5) is 5.13 Å². The number of benzene rings is 1. The zero-order chi connectivity index (χ0) is 17.6. The number of methoxy groups -OCH3 is 1. The minimum absolute atomic E-state index is 0.139. The maximum atomic E-state index is 12.5. The lowest BCUT2D eigenvalue weighted by Gasteiger charge is -2.29. The molecule has 1 amide bonds. The lowest BCUT2D eigenvalue weighted by atomic mass is 9.99. The summed E-state index contributed by atoms with van der Waals surface area (Å²) in [6, 6.07) is 7.49. The number of nitrogens with one attached hydrogen (secondary N) is 1. The topological polar surface area (TPSA) is 54.5 Å².